The standard InChI is InChI=1S/C6H15N.C2H4O2.Na.H/c1-4-7(5-2)6-3;1-2(3)4;;/h4-6H2,1-3H3;1H3,(H,3,4);;. The van der Waals surface area contributed by atoms with Crippen molar-refractivity contribution in [3.05, 3.63) is 0 Å². The van der Waals surface area contributed by atoms with E-state index in [-0.39, 0.29) is 29.6 Å². The average molecular weight is 185 g/mol. The summed E-state index contributed by atoms with van der Waals surface area (Å²) in [4.78, 5) is 11.4. The third-order valence-electron chi connectivity index (χ3n) is 1.34. The Hall–Kier alpha value is 0.430. The van der Waals surface area contributed by atoms with Gasteiger partial charge in [-0.3, -0.25) is 4.79 Å². The molecule has 70 valence electrons. The number of carboxylic acid groups (broad SMARTS) is 1. The maximum atomic E-state index is 9.00. The van der Waals surface area contributed by atoms with Crippen LogP contribution in [0.5, 0.6) is 0 Å². The molecule has 0 radical (unpaired) electrons. The Morgan fingerprint density at radius 1 is 1.17 bits per heavy atom. The maximum absolute atomic E-state index is 9.00. The molecule has 0 aliphatic heterocycles. The zero-order chi connectivity index (χ0) is 9.28. The molecule has 0 fully saturated rings. The Bertz CT molecular complexity index is 85.5. The predicted molar refractivity (Wildman–Crippen MR) is 53.9 cm³/mol. The average Bonchev–Trinajstić information content (AvgIpc) is 1.90. The number of carbonyl (C=O) groups is 1. The Morgan fingerprint density at radius 3 is 1.33 bits per heavy atom. The van der Waals surface area contributed by atoms with Gasteiger partial charge in [-0.05, 0) is 19.6 Å². The van der Waals surface area contributed by atoms with Crippen LogP contribution in [0.15, 0.2) is 0 Å². The van der Waals surface area contributed by atoms with Crippen molar-refractivity contribution in [1.29, 1.82) is 0 Å². The molecule has 0 aliphatic carbocycles. The fourth-order valence-electron chi connectivity index (χ4n) is 0.671. The van der Waals surface area contributed by atoms with Crippen LogP contribution in [-0.4, -0.2) is 65.2 Å². The summed E-state index contributed by atoms with van der Waals surface area (Å²) >= 11 is 0. The molecule has 0 heterocycles. The molecule has 0 aromatic carbocycles. The number of nitrogens with zero attached hydrogens (tertiary/aromatic N) is 1. The first kappa shape index (κ1) is 18.3. The van der Waals surface area contributed by atoms with Gasteiger partial charge in [-0.25, -0.2) is 0 Å². The molecule has 0 bridgehead atoms. The van der Waals surface area contributed by atoms with Crippen molar-refractivity contribution >= 4 is 35.5 Å². The molecular weight excluding hydrogens is 165 g/mol. The second-order valence-electron chi connectivity index (χ2n) is 2.14. The van der Waals surface area contributed by atoms with Crippen LogP contribution in [0.1, 0.15) is 27.7 Å². The van der Waals surface area contributed by atoms with E-state index in [0.717, 1.165) is 6.92 Å². The summed E-state index contributed by atoms with van der Waals surface area (Å²) in [5.74, 6) is -0.833. The van der Waals surface area contributed by atoms with Crippen molar-refractivity contribution in [2.45, 2.75) is 27.7 Å². The Labute approximate surface area is 97.4 Å². The molecule has 3 nitrogen and oxygen atoms in total. The van der Waals surface area contributed by atoms with Gasteiger partial charge in [0.2, 0.25) is 0 Å². The van der Waals surface area contributed by atoms with E-state index in [1.807, 2.05) is 0 Å². The van der Waals surface area contributed by atoms with Gasteiger partial charge in [-0.1, -0.05) is 20.8 Å². The minimum absolute atomic E-state index is 0. The first-order valence-corrected chi connectivity index (χ1v) is 4.00. The molecule has 0 aromatic rings. The summed E-state index contributed by atoms with van der Waals surface area (Å²) in [6.45, 7) is 11.2. The Morgan fingerprint density at radius 2 is 1.33 bits per heavy atom. The summed E-state index contributed by atoms with van der Waals surface area (Å²) in [6, 6.07) is 0. The first-order chi connectivity index (χ1) is 5.08. The van der Waals surface area contributed by atoms with Crippen LogP contribution in [0.25, 0.3) is 0 Å². The Balaban J connectivity index is -0.000000142. The summed E-state index contributed by atoms with van der Waals surface area (Å²) in [6.07, 6.45) is 0. The van der Waals surface area contributed by atoms with Crippen LogP contribution < -0.4 is 0 Å². The van der Waals surface area contributed by atoms with Gasteiger partial charge in [-0.2, -0.15) is 0 Å². The molecule has 0 spiro atoms. The molecule has 4 heteroatoms. The molecular formula is C8H20NNaO2. The van der Waals surface area contributed by atoms with Gasteiger partial charge < -0.3 is 10.0 Å². The normalized spacial score (nSPS) is 8.08. The molecule has 1 N–H and O–H groups in total. The van der Waals surface area contributed by atoms with Gasteiger partial charge in [0.1, 0.15) is 0 Å². The van der Waals surface area contributed by atoms with Gasteiger partial charge in [0.05, 0.1) is 0 Å². The zero-order valence-electron chi connectivity index (χ0n) is 7.92. The van der Waals surface area contributed by atoms with E-state index in [4.69, 9.17) is 9.90 Å². The second kappa shape index (κ2) is 14.0. The quantitative estimate of drug-likeness (QED) is 0.661. The summed E-state index contributed by atoms with van der Waals surface area (Å²) in [7, 11) is 0. The van der Waals surface area contributed by atoms with Crippen molar-refractivity contribution in [3.63, 3.8) is 0 Å². The summed E-state index contributed by atoms with van der Waals surface area (Å²) in [5.41, 5.74) is 0. The Kier molecular flexibility index (Phi) is 21.3. The third kappa shape index (κ3) is 22.4. The molecule has 0 saturated carbocycles. The van der Waals surface area contributed by atoms with Gasteiger partial charge in [0, 0.05) is 6.92 Å². The summed E-state index contributed by atoms with van der Waals surface area (Å²) in [5, 5.41) is 7.42. The van der Waals surface area contributed by atoms with Crippen molar-refractivity contribution < 1.29 is 9.90 Å². The number of rotatable bonds is 3. The number of hydrogen-bond acceptors (Lipinski definition) is 2. The molecule has 0 saturated heterocycles. The number of hydrogen-bond donors (Lipinski definition) is 1. The fourth-order valence-corrected chi connectivity index (χ4v) is 0.671. The summed E-state index contributed by atoms with van der Waals surface area (Å²) < 4.78 is 0. The van der Waals surface area contributed by atoms with E-state index in [9.17, 15) is 0 Å². The van der Waals surface area contributed by atoms with Crippen molar-refractivity contribution in [2.24, 2.45) is 0 Å². The monoisotopic (exact) mass is 185 g/mol. The molecule has 0 rings (SSSR count). The van der Waals surface area contributed by atoms with Gasteiger partial charge >= 0.3 is 29.6 Å². The minimum atomic E-state index is -0.833. The van der Waals surface area contributed by atoms with Crippen LogP contribution in [0, 0.1) is 0 Å². The van der Waals surface area contributed by atoms with Crippen LogP contribution in [0.3, 0.4) is 0 Å². The molecule has 0 atom stereocenters. The fraction of sp³-hybridized carbons (Fsp3) is 0.875. The van der Waals surface area contributed by atoms with Gasteiger partial charge in [0.15, 0.2) is 0 Å². The molecule has 0 aromatic heterocycles. The zero-order valence-corrected chi connectivity index (χ0v) is 7.92. The third-order valence-corrected chi connectivity index (χ3v) is 1.34. The van der Waals surface area contributed by atoms with Gasteiger partial charge in [0.25, 0.3) is 5.97 Å². The van der Waals surface area contributed by atoms with E-state index in [1.165, 1.54) is 19.6 Å². The van der Waals surface area contributed by atoms with E-state index >= 15 is 0 Å². The van der Waals surface area contributed by atoms with Crippen molar-refractivity contribution in [2.75, 3.05) is 19.6 Å². The van der Waals surface area contributed by atoms with Crippen LogP contribution in [0.2, 0.25) is 0 Å². The van der Waals surface area contributed by atoms with E-state index in [2.05, 4.69) is 25.7 Å². The molecule has 0 amide bonds. The van der Waals surface area contributed by atoms with Gasteiger partial charge in [-0.15, -0.1) is 0 Å². The first-order valence-electron chi connectivity index (χ1n) is 4.00. The molecule has 0 aliphatic rings. The molecule has 0 unspecified atom stereocenters. The van der Waals surface area contributed by atoms with Crippen molar-refractivity contribution in [1.82, 2.24) is 4.90 Å². The van der Waals surface area contributed by atoms with Crippen LogP contribution in [-0.2, 0) is 4.79 Å². The number of aliphatic carboxylic acids is 1. The number of carboxylic acids is 1. The SMILES string of the molecule is CC(=O)O.CCN(CC)CC.[NaH]. The van der Waals surface area contributed by atoms with E-state index < -0.39 is 5.97 Å². The predicted octanol–water partition coefficient (Wildman–Crippen LogP) is 0.790. The van der Waals surface area contributed by atoms with Crippen molar-refractivity contribution in [3.8, 4) is 0 Å². The van der Waals surface area contributed by atoms with Crippen LogP contribution >= 0.6 is 0 Å². The van der Waals surface area contributed by atoms with Crippen LogP contribution in [0.4, 0.5) is 0 Å². The topological polar surface area (TPSA) is 40.5 Å². The van der Waals surface area contributed by atoms with E-state index in [0.29, 0.717) is 0 Å². The van der Waals surface area contributed by atoms with E-state index in [1.54, 1.807) is 0 Å². The second-order valence-corrected chi connectivity index (χ2v) is 2.14. The molecule has 12 heavy (non-hydrogen) atoms.